The number of rotatable bonds is 6. The van der Waals surface area contributed by atoms with Crippen molar-refractivity contribution < 1.29 is 9.59 Å². The molecule has 2 amide bonds. The zero-order chi connectivity index (χ0) is 22.7. The van der Waals surface area contributed by atoms with Gasteiger partial charge >= 0.3 is 0 Å². The van der Waals surface area contributed by atoms with Gasteiger partial charge in [0.1, 0.15) is 5.82 Å². The molecule has 1 aromatic carbocycles. The number of carbonyl (C=O) groups excluding carboxylic acids is 2. The Bertz CT molecular complexity index is 1080. The van der Waals surface area contributed by atoms with Crippen LogP contribution in [0.25, 0.3) is 0 Å². The van der Waals surface area contributed by atoms with Crippen LogP contribution in [0.5, 0.6) is 0 Å². The van der Waals surface area contributed by atoms with Gasteiger partial charge in [0.15, 0.2) is 0 Å². The average molecular weight is 432 g/mol. The minimum Gasteiger partial charge on any atom is -0.336 e. The van der Waals surface area contributed by atoms with E-state index in [-0.39, 0.29) is 29.6 Å². The second-order valence-electron chi connectivity index (χ2n) is 9.31. The van der Waals surface area contributed by atoms with Crippen molar-refractivity contribution in [3.05, 3.63) is 77.7 Å². The highest BCUT2D eigenvalue weighted by Gasteiger charge is 2.34. The van der Waals surface area contributed by atoms with Gasteiger partial charge in [-0.15, -0.1) is 0 Å². The van der Waals surface area contributed by atoms with E-state index in [4.69, 9.17) is 0 Å². The SMILES string of the molecule is CC(C)(C)c1ccc(Cn2nccc2NC(=O)C2CC(=O)N(Cc3ccccn3)C2)cc1. The van der Waals surface area contributed by atoms with Gasteiger partial charge < -0.3 is 10.2 Å². The molecule has 1 unspecified atom stereocenters. The lowest BCUT2D eigenvalue weighted by molar-refractivity contribution is -0.128. The zero-order valence-electron chi connectivity index (χ0n) is 18.8. The smallest absolute Gasteiger partial charge is 0.230 e. The van der Waals surface area contributed by atoms with Gasteiger partial charge in [0, 0.05) is 25.2 Å². The Balaban J connectivity index is 1.37. The standard InChI is InChI=1S/C25H29N5O2/c1-25(2,3)20-9-7-18(8-10-20)15-30-22(11-13-27-30)28-24(32)19-14-23(31)29(16-19)17-21-6-4-5-12-26-21/h4-13,19H,14-17H2,1-3H3,(H,28,32). The maximum Gasteiger partial charge on any atom is 0.230 e. The Kier molecular flexibility index (Phi) is 6.08. The first-order valence-electron chi connectivity index (χ1n) is 10.9. The number of aromatic nitrogens is 3. The first-order chi connectivity index (χ1) is 15.3. The number of nitrogens with one attached hydrogen (secondary N) is 1. The predicted octanol–water partition coefficient (Wildman–Crippen LogP) is 3.61. The zero-order valence-corrected chi connectivity index (χ0v) is 18.8. The van der Waals surface area contributed by atoms with Crippen LogP contribution in [0.2, 0.25) is 0 Å². The van der Waals surface area contributed by atoms with Crippen molar-refractivity contribution in [3.8, 4) is 0 Å². The fourth-order valence-corrected chi connectivity index (χ4v) is 3.86. The summed E-state index contributed by atoms with van der Waals surface area (Å²) in [6.45, 7) is 7.94. The molecule has 2 aromatic heterocycles. The summed E-state index contributed by atoms with van der Waals surface area (Å²) in [4.78, 5) is 31.2. The van der Waals surface area contributed by atoms with Crippen LogP contribution in [0, 0.1) is 5.92 Å². The molecule has 7 nitrogen and oxygen atoms in total. The molecule has 0 saturated carbocycles. The van der Waals surface area contributed by atoms with Gasteiger partial charge in [-0.05, 0) is 28.7 Å². The van der Waals surface area contributed by atoms with Gasteiger partial charge in [0.2, 0.25) is 11.8 Å². The highest BCUT2D eigenvalue weighted by molar-refractivity contribution is 5.96. The van der Waals surface area contributed by atoms with E-state index in [9.17, 15) is 9.59 Å². The lowest BCUT2D eigenvalue weighted by Crippen LogP contribution is -2.28. The van der Waals surface area contributed by atoms with Gasteiger partial charge in [0.25, 0.3) is 0 Å². The molecule has 1 fully saturated rings. The van der Waals surface area contributed by atoms with Crippen LogP contribution in [-0.4, -0.2) is 38.0 Å². The molecule has 0 radical (unpaired) electrons. The molecule has 166 valence electrons. The normalized spacial score (nSPS) is 16.4. The van der Waals surface area contributed by atoms with Gasteiger partial charge in [0.05, 0.1) is 30.9 Å². The van der Waals surface area contributed by atoms with Gasteiger partial charge in [-0.1, -0.05) is 51.1 Å². The number of pyridine rings is 1. The van der Waals surface area contributed by atoms with Gasteiger partial charge in [-0.2, -0.15) is 5.10 Å². The molecule has 7 heteroatoms. The van der Waals surface area contributed by atoms with Gasteiger partial charge in [-0.25, -0.2) is 4.68 Å². The van der Waals surface area contributed by atoms with E-state index in [0.29, 0.717) is 25.5 Å². The number of nitrogens with zero attached hydrogens (tertiary/aromatic N) is 4. The average Bonchev–Trinajstić information content (AvgIpc) is 3.35. The summed E-state index contributed by atoms with van der Waals surface area (Å²) in [7, 11) is 0. The topological polar surface area (TPSA) is 80.1 Å². The van der Waals surface area contributed by atoms with E-state index in [1.54, 1.807) is 28.0 Å². The fourth-order valence-electron chi connectivity index (χ4n) is 3.86. The first-order valence-corrected chi connectivity index (χ1v) is 10.9. The summed E-state index contributed by atoms with van der Waals surface area (Å²) in [6.07, 6.45) is 3.59. The Labute approximate surface area is 188 Å². The lowest BCUT2D eigenvalue weighted by Gasteiger charge is -2.19. The van der Waals surface area contributed by atoms with E-state index in [2.05, 4.69) is 60.4 Å². The lowest BCUT2D eigenvalue weighted by atomic mass is 9.87. The third-order valence-corrected chi connectivity index (χ3v) is 5.78. The minimum absolute atomic E-state index is 0.0248. The van der Waals surface area contributed by atoms with Crippen LogP contribution in [0.3, 0.4) is 0 Å². The van der Waals surface area contributed by atoms with Crippen molar-refractivity contribution in [2.24, 2.45) is 5.92 Å². The summed E-state index contributed by atoms with van der Waals surface area (Å²) < 4.78 is 1.77. The Hall–Kier alpha value is -3.48. The van der Waals surface area contributed by atoms with E-state index in [1.807, 2.05) is 18.2 Å². The molecular weight excluding hydrogens is 402 g/mol. The second kappa shape index (κ2) is 8.94. The largest absolute Gasteiger partial charge is 0.336 e. The number of hydrogen-bond acceptors (Lipinski definition) is 4. The Morgan fingerprint density at radius 1 is 1.06 bits per heavy atom. The van der Waals surface area contributed by atoms with Crippen LogP contribution in [0.15, 0.2) is 60.9 Å². The molecule has 1 aliphatic heterocycles. The minimum atomic E-state index is -0.388. The summed E-state index contributed by atoms with van der Waals surface area (Å²) in [5.74, 6) is 0.0566. The summed E-state index contributed by atoms with van der Waals surface area (Å²) in [5.41, 5.74) is 3.30. The van der Waals surface area contributed by atoms with Crippen molar-refractivity contribution in [2.45, 2.75) is 45.7 Å². The molecule has 3 heterocycles. The van der Waals surface area contributed by atoms with Crippen molar-refractivity contribution >= 4 is 17.6 Å². The van der Waals surface area contributed by atoms with E-state index >= 15 is 0 Å². The van der Waals surface area contributed by atoms with Crippen LogP contribution in [0.4, 0.5) is 5.82 Å². The molecule has 1 N–H and O–H groups in total. The number of anilines is 1. The molecule has 1 saturated heterocycles. The number of carbonyl (C=O) groups is 2. The van der Waals surface area contributed by atoms with Crippen molar-refractivity contribution in [1.29, 1.82) is 0 Å². The fraction of sp³-hybridized carbons (Fsp3) is 0.360. The molecule has 0 spiro atoms. The highest BCUT2D eigenvalue weighted by atomic mass is 16.2. The molecule has 1 atom stereocenters. The Morgan fingerprint density at radius 2 is 1.84 bits per heavy atom. The molecule has 3 aromatic rings. The number of benzene rings is 1. The number of hydrogen-bond donors (Lipinski definition) is 1. The molecular formula is C25H29N5O2. The second-order valence-corrected chi connectivity index (χ2v) is 9.31. The predicted molar refractivity (Wildman–Crippen MR) is 123 cm³/mol. The number of amides is 2. The summed E-state index contributed by atoms with van der Waals surface area (Å²) in [6, 6.07) is 15.9. The third kappa shape index (κ3) is 5.04. The molecule has 1 aliphatic rings. The van der Waals surface area contributed by atoms with E-state index in [0.717, 1.165) is 11.3 Å². The molecule has 0 bridgehead atoms. The maximum atomic E-state index is 12.9. The molecule has 4 rings (SSSR count). The molecule has 32 heavy (non-hydrogen) atoms. The van der Waals surface area contributed by atoms with Crippen LogP contribution >= 0.6 is 0 Å². The monoisotopic (exact) mass is 431 g/mol. The number of likely N-dealkylation sites (tertiary alicyclic amines) is 1. The van der Waals surface area contributed by atoms with Crippen molar-refractivity contribution in [1.82, 2.24) is 19.7 Å². The molecule has 0 aliphatic carbocycles. The quantitative estimate of drug-likeness (QED) is 0.647. The van der Waals surface area contributed by atoms with Gasteiger partial charge in [-0.3, -0.25) is 14.6 Å². The first kappa shape index (κ1) is 21.7. The third-order valence-electron chi connectivity index (χ3n) is 5.78. The van der Waals surface area contributed by atoms with E-state index in [1.165, 1.54) is 5.56 Å². The maximum absolute atomic E-state index is 12.9. The highest BCUT2D eigenvalue weighted by Crippen LogP contribution is 2.24. The summed E-state index contributed by atoms with van der Waals surface area (Å²) in [5, 5.41) is 7.32. The Morgan fingerprint density at radius 3 is 2.53 bits per heavy atom. The van der Waals surface area contributed by atoms with E-state index < -0.39 is 0 Å². The van der Waals surface area contributed by atoms with Crippen LogP contribution in [-0.2, 0) is 28.1 Å². The summed E-state index contributed by atoms with van der Waals surface area (Å²) >= 11 is 0. The van der Waals surface area contributed by atoms with Crippen LogP contribution < -0.4 is 5.32 Å². The van der Waals surface area contributed by atoms with Crippen molar-refractivity contribution in [3.63, 3.8) is 0 Å². The van der Waals surface area contributed by atoms with Crippen LogP contribution in [0.1, 0.15) is 44.0 Å². The van der Waals surface area contributed by atoms with Crippen molar-refractivity contribution in [2.75, 3.05) is 11.9 Å².